The average molecular weight is 298 g/mol. The zero-order valence-electron chi connectivity index (χ0n) is 13.0. The Bertz CT molecular complexity index is 753. The van der Waals surface area contributed by atoms with Gasteiger partial charge in [0.25, 0.3) is 0 Å². The number of aryl methyl sites for hydroxylation is 2. The number of benzene rings is 2. The lowest BCUT2D eigenvalue weighted by Crippen LogP contribution is -2.19. The second-order valence-corrected chi connectivity index (χ2v) is 5.56. The van der Waals surface area contributed by atoms with E-state index in [4.69, 9.17) is 4.74 Å². The van der Waals surface area contributed by atoms with E-state index in [-0.39, 0.29) is 11.6 Å². The Morgan fingerprint density at radius 1 is 1.09 bits per heavy atom. The molecule has 3 nitrogen and oxygen atoms in total. The normalized spacial score (nSPS) is 13.7. The summed E-state index contributed by atoms with van der Waals surface area (Å²) in [6, 6.07) is 8.99. The quantitative estimate of drug-likeness (QED) is 0.932. The molecule has 4 heteroatoms. The van der Waals surface area contributed by atoms with Crippen LogP contribution in [0.25, 0.3) is 0 Å². The molecular weight excluding hydrogens is 279 g/mol. The van der Waals surface area contributed by atoms with Crippen molar-refractivity contribution in [1.29, 1.82) is 0 Å². The maximum Gasteiger partial charge on any atom is 0.166 e. The smallest absolute Gasteiger partial charge is 0.166 e. The zero-order chi connectivity index (χ0) is 15.7. The molecule has 3 rings (SSSR count). The molecule has 2 aromatic rings. The molecule has 0 spiro atoms. The van der Waals surface area contributed by atoms with E-state index in [1.807, 2.05) is 39.0 Å². The molecule has 2 aromatic carbocycles. The molecule has 0 saturated carbocycles. The molecule has 22 heavy (non-hydrogen) atoms. The molecule has 1 aliphatic heterocycles. The Morgan fingerprint density at radius 3 is 2.55 bits per heavy atom. The van der Waals surface area contributed by atoms with E-state index in [2.05, 4.69) is 10.3 Å². The molecule has 0 saturated heterocycles. The van der Waals surface area contributed by atoms with Crippen molar-refractivity contribution in [2.75, 3.05) is 13.1 Å². The summed E-state index contributed by atoms with van der Waals surface area (Å²) >= 11 is 0. The molecular formula is C18H19FN2O. The van der Waals surface area contributed by atoms with Crippen LogP contribution < -0.4 is 10.1 Å². The first-order chi connectivity index (χ1) is 10.6. The van der Waals surface area contributed by atoms with Gasteiger partial charge in [-0.2, -0.15) is 0 Å². The summed E-state index contributed by atoms with van der Waals surface area (Å²) in [5, 5.41) is 3.14. The lowest BCUT2D eigenvalue weighted by atomic mass is 10.1. The fraction of sp³-hybridized carbons (Fsp3) is 0.278. The first-order valence-corrected chi connectivity index (χ1v) is 7.39. The van der Waals surface area contributed by atoms with E-state index >= 15 is 0 Å². The largest absolute Gasteiger partial charge is 0.454 e. The third-order valence-corrected chi connectivity index (χ3v) is 3.97. The molecule has 0 fully saturated rings. The summed E-state index contributed by atoms with van der Waals surface area (Å²) in [7, 11) is 0. The van der Waals surface area contributed by atoms with Gasteiger partial charge in [-0.25, -0.2) is 4.39 Å². The van der Waals surface area contributed by atoms with E-state index in [0.717, 1.165) is 46.9 Å². The number of amidine groups is 1. The lowest BCUT2D eigenvalue weighted by molar-refractivity contribution is 0.436. The third-order valence-electron chi connectivity index (χ3n) is 3.97. The summed E-state index contributed by atoms with van der Waals surface area (Å²) in [5.74, 6) is 1.32. The van der Waals surface area contributed by atoms with Crippen LogP contribution in [0.3, 0.4) is 0 Å². The van der Waals surface area contributed by atoms with Gasteiger partial charge in [0, 0.05) is 12.1 Å². The minimum absolute atomic E-state index is 0.235. The summed E-state index contributed by atoms with van der Waals surface area (Å²) < 4.78 is 20.2. The fourth-order valence-electron chi connectivity index (χ4n) is 2.51. The molecule has 0 amide bonds. The van der Waals surface area contributed by atoms with Crippen LogP contribution in [0.5, 0.6) is 11.5 Å². The Kier molecular flexibility index (Phi) is 3.84. The van der Waals surface area contributed by atoms with E-state index in [9.17, 15) is 4.39 Å². The molecule has 0 unspecified atom stereocenters. The van der Waals surface area contributed by atoms with Gasteiger partial charge in [0.2, 0.25) is 0 Å². The predicted octanol–water partition coefficient (Wildman–Crippen LogP) is 3.89. The van der Waals surface area contributed by atoms with Crippen molar-refractivity contribution >= 4 is 5.84 Å². The second kappa shape index (κ2) is 5.79. The molecule has 1 aliphatic rings. The van der Waals surface area contributed by atoms with Gasteiger partial charge < -0.3 is 10.1 Å². The number of ether oxygens (including phenoxy) is 1. The van der Waals surface area contributed by atoms with Gasteiger partial charge in [-0.05, 0) is 55.7 Å². The zero-order valence-corrected chi connectivity index (χ0v) is 13.0. The van der Waals surface area contributed by atoms with Gasteiger partial charge in [-0.3, -0.25) is 4.99 Å². The molecule has 0 aliphatic carbocycles. The highest BCUT2D eigenvalue weighted by Crippen LogP contribution is 2.32. The number of hydrogen-bond acceptors (Lipinski definition) is 3. The van der Waals surface area contributed by atoms with Crippen molar-refractivity contribution in [3.63, 3.8) is 0 Å². The lowest BCUT2D eigenvalue weighted by Gasteiger charge is -2.14. The minimum atomic E-state index is -0.380. The summed E-state index contributed by atoms with van der Waals surface area (Å²) in [6.45, 7) is 7.51. The minimum Gasteiger partial charge on any atom is -0.454 e. The highest BCUT2D eigenvalue weighted by molar-refractivity contribution is 5.99. The highest BCUT2D eigenvalue weighted by atomic mass is 19.1. The summed E-state index contributed by atoms with van der Waals surface area (Å²) in [6.07, 6.45) is 0. The molecule has 1 N–H and O–H groups in total. The first kappa shape index (κ1) is 14.6. The van der Waals surface area contributed by atoms with Crippen LogP contribution in [0.4, 0.5) is 4.39 Å². The molecule has 0 bridgehead atoms. The van der Waals surface area contributed by atoms with Crippen molar-refractivity contribution < 1.29 is 9.13 Å². The van der Waals surface area contributed by atoms with Crippen LogP contribution in [-0.2, 0) is 0 Å². The summed E-state index contributed by atoms with van der Waals surface area (Å²) in [5.41, 5.74) is 3.90. The topological polar surface area (TPSA) is 33.6 Å². The predicted molar refractivity (Wildman–Crippen MR) is 86.5 cm³/mol. The van der Waals surface area contributed by atoms with Gasteiger partial charge in [0.1, 0.15) is 11.6 Å². The van der Waals surface area contributed by atoms with Gasteiger partial charge in [0.05, 0.1) is 6.54 Å². The van der Waals surface area contributed by atoms with Crippen molar-refractivity contribution in [2.24, 2.45) is 4.99 Å². The van der Waals surface area contributed by atoms with Crippen LogP contribution in [0.15, 0.2) is 35.3 Å². The van der Waals surface area contributed by atoms with Gasteiger partial charge in [-0.15, -0.1) is 0 Å². The highest BCUT2D eigenvalue weighted by Gasteiger charge is 2.14. The first-order valence-electron chi connectivity index (χ1n) is 7.39. The maximum absolute atomic E-state index is 14.3. The number of aliphatic imine (C=N–C) groups is 1. The Morgan fingerprint density at radius 2 is 1.86 bits per heavy atom. The summed E-state index contributed by atoms with van der Waals surface area (Å²) in [4.78, 5) is 4.30. The Labute approximate surface area is 129 Å². The monoisotopic (exact) mass is 298 g/mol. The van der Waals surface area contributed by atoms with Crippen LogP contribution in [0.2, 0.25) is 0 Å². The van der Waals surface area contributed by atoms with Crippen LogP contribution in [0.1, 0.15) is 22.3 Å². The van der Waals surface area contributed by atoms with E-state index < -0.39 is 0 Å². The van der Waals surface area contributed by atoms with Crippen LogP contribution in [0, 0.1) is 26.6 Å². The molecule has 114 valence electrons. The van der Waals surface area contributed by atoms with Crippen LogP contribution >= 0.6 is 0 Å². The molecule has 1 heterocycles. The van der Waals surface area contributed by atoms with Crippen LogP contribution in [-0.4, -0.2) is 18.9 Å². The standard InChI is InChI=1S/C18H19FN2O/c1-11-4-5-12(2)17(13(11)3)22-16-7-6-14(10-15(16)19)18-20-8-9-21-18/h4-7,10H,8-9H2,1-3H3,(H,20,21). The SMILES string of the molecule is Cc1ccc(C)c(Oc2ccc(C3=NCCN3)cc2F)c1C. The van der Waals surface area contributed by atoms with Crippen molar-refractivity contribution in [1.82, 2.24) is 5.32 Å². The molecule has 0 atom stereocenters. The van der Waals surface area contributed by atoms with Crippen molar-refractivity contribution in [2.45, 2.75) is 20.8 Å². The number of rotatable bonds is 3. The number of halogens is 1. The Hall–Kier alpha value is -2.36. The van der Waals surface area contributed by atoms with Gasteiger partial charge in [-0.1, -0.05) is 12.1 Å². The number of nitrogens with one attached hydrogen (secondary N) is 1. The van der Waals surface area contributed by atoms with Gasteiger partial charge >= 0.3 is 0 Å². The maximum atomic E-state index is 14.3. The third kappa shape index (κ3) is 2.69. The van der Waals surface area contributed by atoms with Crippen molar-refractivity contribution in [3.05, 3.63) is 58.4 Å². The fourth-order valence-corrected chi connectivity index (χ4v) is 2.51. The number of nitrogens with zero attached hydrogens (tertiary/aromatic N) is 1. The van der Waals surface area contributed by atoms with E-state index in [0.29, 0.717) is 0 Å². The van der Waals surface area contributed by atoms with E-state index in [1.165, 1.54) is 6.07 Å². The van der Waals surface area contributed by atoms with Gasteiger partial charge in [0.15, 0.2) is 11.6 Å². The van der Waals surface area contributed by atoms with E-state index in [1.54, 1.807) is 6.07 Å². The second-order valence-electron chi connectivity index (χ2n) is 5.56. The Balaban J connectivity index is 1.92. The number of hydrogen-bond donors (Lipinski definition) is 1. The average Bonchev–Trinajstić information content (AvgIpc) is 3.03. The van der Waals surface area contributed by atoms with Crippen molar-refractivity contribution in [3.8, 4) is 11.5 Å². The molecule has 0 radical (unpaired) electrons. The molecule has 0 aromatic heterocycles.